The Morgan fingerprint density at radius 2 is 1.04 bits per heavy atom. The Morgan fingerprint density at radius 1 is 0.565 bits per heavy atom. The minimum absolute atomic E-state index is 0.726. The van der Waals surface area contributed by atoms with Crippen LogP contribution in [0.25, 0.3) is 21.5 Å². The van der Waals surface area contributed by atoms with Gasteiger partial charge in [0.1, 0.15) is 0 Å². The predicted octanol–water partition coefficient (Wildman–Crippen LogP) is 7.21. The van der Waals surface area contributed by atoms with E-state index in [9.17, 15) is 0 Å². The van der Waals surface area contributed by atoms with E-state index >= 15 is 0 Å². The lowest BCUT2D eigenvalue weighted by Crippen LogP contribution is -2.01. The highest BCUT2D eigenvalue weighted by atomic mass is 14.2. The third-order valence-electron chi connectivity index (χ3n) is 5.58. The number of hydrogen-bond acceptors (Lipinski definition) is 0. The molecule has 4 rings (SSSR count). The molecule has 23 heavy (non-hydrogen) atoms. The Morgan fingerprint density at radius 3 is 1.61 bits per heavy atom. The molecule has 1 aliphatic rings. The van der Waals surface area contributed by atoms with Gasteiger partial charge in [0, 0.05) is 0 Å². The second kappa shape index (κ2) is 6.74. The fourth-order valence-corrected chi connectivity index (χ4v) is 4.41. The first-order chi connectivity index (χ1) is 11.4. The number of fused-ring (bicyclic) bond motifs is 2. The Kier molecular flexibility index (Phi) is 4.33. The van der Waals surface area contributed by atoms with Crippen LogP contribution in [0.4, 0.5) is 0 Å². The lowest BCUT2D eigenvalue weighted by Gasteiger charge is -2.21. The van der Waals surface area contributed by atoms with Gasteiger partial charge in [-0.15, -0.1) is 0 Å². The van der Waals surface area contributed by atoms with E-state index in [0.29, 0.717) is 0 Å². The van der Waals surface area contributed by atoms with E-state index in [1.807, 2.05) is 0 Å². The highest BCUT2D eigenvalue weighted by molar-refractivity contribution is 6.02. The first-order valence-electron chi connectivity index (χ1n) is 9.34. The average molecular weight is 302 g/mol. The van der Waals surface area contributed by atoms with Crippen molar-refractivity contribution in [3.05, 3.63) is 60.2 Å². The third-order valence-corrected chi connectivity index (χ3v) is 5.58. The van der Waals surface area contributed by atoms with E-state index in [4.69, 9.17) is 0 Å². The van der Waals surface area contributed by atoms with Crippen molar-refractivity contribution in [2.24, 2.45) is 0 Å². The predicted molar refractivity (Wildman–Crippen MR) is 101 cm³/mol. The summed E-state index contributed by atoms with van der Waals surface area (Å²) in [6.07, 6.45) is 11.2. The minimum atomic E-state index is 0.726. The van der Waals surface area contributed by atoms with Crippen LogP contribution in [0.5, 0.6) is 0 Å². The number of rotatable bonds is 1. The summed E-state index contributed by atoms with van der Waals surface area (Å²) in [6, 6.07) is 20.3. The van der Waals surface area contributed by atoms with Gasteiger partial charge in [-0.2, -0.15) is 0 Å². The normalized spacial score (nSPS) is 17.7. The molecule has 1 aliphatic carbocycles. The fourth-order valence-electron chi connectivity index (χ4n) is 4.41. The van der Waals surface area contributed by atoms with Crippen LogP contribution in [0.1, 0.15) is 62.8 Å². The fraction of sp³-hybridized carbons (Fsp3) is 0.391. The summed E-state index contributed by atoms with van der Waals surface area (Å²) in [7, 11) is 0. The van der Waals surface area contributed by atoms with E-state index in [1.165, 1.54) is 72.9 Å². The Labute approximate surface area is 139 Å². The molecule has 0 atom stereocenters. The zero-order valence-corrected chi connectivity index (χ0v) is 13.9. The van der Waals surface area contributed by atoms with E-state index < -0.39 is 0 Å². The Bertz CT molecular complexity index is 735. The van der Waals surface area contributed by atoms with Gasteiger partial charge in [-0.05, 0) is 51.9 Å². The maximum atomic E-state index is 2.36. The zero-order valence-electron chi connectivity index (χ0n) is 13.9. The number of hydrogen-bond donors (Lipinski definition) is 0. The van der Waals surface area contributed by atoms with Gasteiger partial charge < -0.3 is 0 Å². The monoisotopic (exact) mass is 302 g/mol. The molecule has 0 spiro atoms. The topological polar surface area (TPSA) is 0 Å². The van der Waals surface area contributed by atoms with Crippen molar-refractivity contribution in [2.45, 2.75) is 57.3 Å². The summed E-state index contributed by atoms with van der Waals surface area (Å²) in [5, 5.41) is 5.77. The highest BCUT2D eigenvalue weighted by Crippen LogP contribution is 2.39. The van der Waals surface area contributed by atoms with Gasteiger partial charge in [-0.1, -0.05) is 87.1 Å². The molecule has 3 aromatic carbocycles. The van der Waals surface area contributed by atoms with Crippen molar-refractivity contribution in [2.75, 3.05) is 0 Å². The van der Waals surface area contributed by atoms with Crippen molar-refractivity contribution in [3.63, 3.8) is 0 Å². The molecule has 0 radical (unpaired) electrons. The Hall–Kier alpha value is -1.82. The van der Waals surface area contributed by atoms with Crippen LogP contribution in [0.2, 0.25) is 0 Å². The van der Waals surface area contributed by atoms with Crippen LogP contribution in [-0.2, 0) is 0 Å². The van der Waals surface area contributed by atoms with Gasteiger partial charge in [0.15, 0.2) is 0 Å². The van der Waals surface area contributed by atoms with Gasteiger partial charge in [-0.3, -0.25) is 0 Å². The third kappa shape index (κ3) is 3.00. The van der Waals surface area contributed by atoms with Crippen molar-refractivity contribution >= 4 is 21.5 Å². The molecule has 3 aromatic rings. The van der Waals surface area contributed by atoms with Crippen LogP contribution in [0.3, 0.4) is 0 Å². The van der Waals surface area contributed by atoms with Gasteiger partial charge in [0.2, 0.25) is 0 Å². The molecule has 0 unspecified atom stereocenters. The molecule has 0 N–H and O–H groups in total. The molecule has 0 heterocycles. The summed E-state index contributed by atoms with van der Waals surface area (Å²) in [5.74, 6) is 0.726. The molecule has 0 nitrogen and oxygen atoms in total. The summed E-state index contributed by atoms with van der Waals surface area (Å²) >= 11 is 0. The molecule has 0 aliphatic heterocycles. The molecular weight excluding hydrogens is 276 g/mol. The standard InChI is InChI=1S/C23H26/c1-2-4-6-12-18(11-5-3-1)23-21-15-9-7-13-19(21)17-20-14-8-10-16-22(20)23/h7-10,13-18H,1-6,11-12H2. The van der Waals surface area contributed by atoms with Crippen LogP contribution < -0.4 is 0 Å². The molecule has 0 heteroatoms. The summed E-state index contributed by atoms with van der Waals surface area (Å²) in [4.78, 5) is 0. The van der Waals surface area contributed by atoms with Crippen molar-refractivity contribution in [3.8, 4) is 0 Å². The summed E-state index contributed by atoms with van der Waals surface area (Å²) in [6.45, 7) is 0. The van der Waals surface area contributed by atoms with E-state index in [2.05, 4.69) is 54.6 Å². The zero-order chi connectivity index (χ0) is 15.5. The van der Waals surface area contributed by atoms with Gasteiger partial charge in [0.25, 0.3) is 0 Å². The molecule has 1 saturated carbocycles. The van der Waals surface area contributed by atoms with Gasteiger partial charge in [0.05, 0.1) is 0 Å². The molecule has 118 valence electrons. The lowest BCUT2D eigenvalue weighted by molar-refractivity contribution is 0.545. The largest absolute Gasteiger partial charge is 0.0616 e. The summed E-state index contributed by atoms with van der Waals surface area (Å²) in [5.41, 5.74) is 1.63. The maximum absolute atomic E-state index is 2.36. The van der Waals surface area contributed by atoms with E-state index in [0.717, 1.165) is 5.92 Å². The van der Waals surface area contributed by atoms with Crippen LogP contribution in [0, 0.1) is 0 Å². The SMILES string of the molecule is c1ccc2c(C3CCCCCCCC3)c3ccccc3cc2c1. The highest BCUT2D eigenvalue weighted by Gasteiger charge is 2.18. The quantitative estimate of drug-likeness (QED) is 0.416. The van der Waals surface area contributed by atoms with Crippen LogP contribution in [-0.4, -0.2) is 0 Å². The first-order valence-corrected chi connectivity index (χ1v) is 9.34. The second-order valence-electron chi connectivity index (χ2n) is 7.13. The van der Waals surface area contributed by atoms with Gasteiger partial charge >= 0.3 is 0 Å². The average Bonchev–Trinajstić information content (AvgIpc) is 2.73. The van der Waals surface area contributed by atoms with Crippen molar-refractivity contribution in [1.29, 1.82) is 0 Å². The van der Waals surface area contributed by atoms with Crippen molar-refractivity contribution in [1.82, 2.24) is 0 Å². The van der Waals surface area contributed by atoms with Gasteiger partial charge in [-0.25, -0.2) is 0 Å². The molecule has 0 bridgehead atoms. The molecule has 0 aromatic heterocycles. The second-order valence-corrected chi connectivity index (χ2v) is 7.13. The van der Waals surface area contributed by atoms with Crippen molar-refractivity contribution < 1.29 is 0 Å². The maximum Gasteiger partial charge on any atom is -0.0143 e. The molecular formula is C23H26. The van der Waals surface area contributed by atoms with E-state index in [-0.39, 0.29) is 0 Å². The molecule has 1 fully saturated rings. The first kappa shape index (κ1) is 14.8. The molecule has 0 saturated heterocycles. The molecule has 0 amide bonds. The number of benzene rings is 3. The minimum Gasteiger partial charge on any atom is -0.0616 e. The smallest absolute Gasteiger partial charge is 0.0143 e. The Balaban J connectivity index is 1.90. The lowest BCUT2D eigenvalue weighted by atomic mass is 9.83. The summed E-state index contributed by atoms with van der Waals surface area (Å²) < 4.78 is 0. The van der Waals surface area contributed by atoms with Crippen LogP contribution in [0.15, 0.2) is 54.6 Å². The van der Waals surface area contributed by atoms with E-state index in [1.54, 1.807) is 5.56 Å². The van der Waals surface area contributed by atoms with Crippen LogP contribution >= 0.6 is 0 Å².